The van der Waals surface area contributed by atoms with Crippen molar-refractivity contribution in [3.63, 3.8) is 0 Å². The highest BCUT2D eigenvalue weighted by Crippen LogP contribution is 2.28. The fourth-order valence-corrected chi connectivity index (χ4v) is 4.96. The number of aryl methyl sites for hydroxylation is 2. The summed E-state index contributed by atoms with van der Waals surface area (Å²) in [5, 5.41) is 6.82. The number of nitrogens with one attached hydrogen (secondary N) is 1. The minimum absolute atomic E-state index is 0.172. The maximum atomic E-state index is 12.9. The number of carbonyl (C=O) groups excluding carboxylic acids is 1. The Morgan fingerprint density at radius 1 is 1.27 bits per heavy atom. The molecule has 140 valence electrons. The number of hydrogen-bond donors (Lipinski definition) is 1. The number of carbonyl (C=O) groups is 1. The lowest BCUT2D eigenvalue weighted by Gasteiger charge is -2.30. The van der Waals surface area contributed by atoms with Crippen molar-refractivity contribution in [2.24, 2.45) is 5.92 Å². The van der Waals surface area contributed by atoms with Crippen molar-refractivity contribution >= 4 is 33.3 Å². The Balaban J connectivity index is 1.66. The number of piperidine rings is 1. The van der Waals surface area contributed by atoms with E-state index in [1.165, 1.54) is 10.4 Å². The third kappa shape index (κ3) is 3.92. The molecule has 0 aliphatic carbocycles. The van der Waals surface area contributed by atoms with Crippen molar-refractivity contribution in [1.29, 1.82) is 0 Å². The Labute approximate surface area is 157 Å². The van der Waals surface area contributed by atoms with Gasteiger partial charge in [-0.05, 0) is 44.4 Å². The van der Waals surface area contributed by atoms with Gasteiger partial charge in [0.05, 0.1) is 4.90 Å². The van der Waals surface area contributed by atoms with E-state index in [1.807, 2.05) is 0 Å². The molecule has 2 heterocycles. The highest BCUT2D eigenvalue weighted by Gasteiger charge is 2.33. The van der Waals surface area contributed by atoms with Crippen LogP contribution in [0.1, 0.15) is 24.2 Å². The highest BCUT2D eigenvalue weighted by atomic mass is 35.5. The molecule has 0 radical (unpaired) electrons. The van der Waals surface area contributed by atoms with E-state index in [4.69, 9.17) is 16.1 Å². The van der Waals surface area contributed by atoms with Crippen LogP contribution in [0.2, 0.25) is 5.02 Å². The van der Waals surface area contributed by atoms with Crippen LogP contribution in [0.3, 0.4) is 0 Å². The normalized spacial score (nSPS) is 16.6. The number of amides is 1. The lowest BCUT2D eigenvalue weighted by atomic mass is 9.97. The van der Waals surface area contributed by atoms with Crippen molar-refractivity contribution in [1.82, 2.24) is 9.46 Å². The summed E-state index contributed by atoms with van der Waals surface area (Å²) in [4.78, 5) is 12.5. The maximum Gasteiger partial charge on any atom is 0.243 e. The molecular weight excluding hydrogens is 378 g/mol. The molecule has 9 heteroatoms. The molecule has 0 bridgehead atoms. The summed E-state index contributed by atoms with van der Waals surface area (Å²) in [5.41, 5.74) is 0.649. The average molecular weight is 398 g/mol. The molecule has 3 rings (SSSR count). The summed E-state index contributed by atoms with van der Waals surface area (Å²) in [6.45, 7) is 4.04. The topological polar surface area (TPSA) is 92.5 Å². The van der Waals surface area contributed by atoms with Crippen molar-refractivity contribution in [2.75, 3.05) is 18.4 Å². The van der Waals surface area contributed by atoms with Gasteiger partial charge in [0.1, 0.15) is 5.76 Å². The van der Waals surface area contributed by atoms with Crippen LogP contribution in [-0.2, 0) is 14.8 Å². The summed E-state index contributed by atoms with van der Waals surface area (Å²) in [7, 11) is -3.63. The molecule has 0 unspecified atom stereocenters. The third-order valence-corrected chi connectivity index (χ3v) is 6.75. The van der Waals surface area contributed by atoms with E-state index in [2.05, 4.69) is 10.5 Å². The zero-order valence-electron chi connectivity index (χ0n) is 14.5. The molecule has 26 heavy (non-hydrogen) atoms. The first-order valence-electron chi connectivity index (χ1n) is 8.28. The molecule has 1 saturated heterocycles. The molecule has 7 nitrogen and oxygen atoms in total. The van der Waals surface area contributed by atoms with Crippen LogP contribution in [0.15, 0.2) is 33.7 Å². The molecule has 1 aliphatic rings. The van der Waals surface area contributed by atoms with Crippen LogP contribution >= 0.6 is 11.6 Å². The number of hydrogen-bond acceptors (Lipinski definition) is 5. The van der Waals surface area contributed by atoms with E-state index in [0.717, 1.165) is 0 Å². The van der Waals surface area contributed by atoms with Crippen LogP contribution in [0.4, 0.5) is 5.82 Å². The SMILES string of the molecule is Cc1cc(NC(=O)C2CCN(S(=O)(=O)c3cc(Cl)ccc3C)CC2)no1. The van der Waals surface area contributed by atoms with Gasteiger partial charge in [0.15, 0.2) is 5.82 Å². The van der Waals surface area contributed by atoms with Crippen molar-refractivity contribution in [2.45, 2.75) is 31.6 Å². The predicted octanol–water partition coefficient (Wildman–Crippen LogP) is 2.98. The monoisotopic (exact) mass is 397 g/mol. The van der Waals surface area contributed by atoms with E-state index in [0.29, 0.717) is 35.0 Å². The van der Waals surface area contributed by atoms with Gasteiger partial charge in [0.2, 0.25) is 15.9 Å². The Morgan fingerprint density at radius 3 is 2.58 bits per heavy atom. The van der Waals surface area contributed by atoms with Crippen LogP contribution in [0, 0.1) is 19.8 Å². The zero-order chi connectivity index (χ0) is 18.9. The van der Waals surface area contributed by atoms with Gasteiger partial charge in [0.25, 0.3) is 0 Å². The quantitative estimate of drug-likeness (QED) is 0.856. The molecule has 0 saturated carbocycles. The zero-order valence-corrected chi connectivity index (χ0v) is 16.1. The Bertz CT molecular complexity index is 918. The van der Waals surface area contributed by atoms with Gasteiger partial charge < -0.3 is 9.84 Å². The van der Waals surface area contributed by atoms with Crippen LogP contribution < -0.4 is 5.32 Å². The number of halogens is 1. The summed E-state index contributed by atoms with van der Waals surface area (Å²) >= 11 is 5.96. The highest BCUT2D eigenvalue weighted by molar-refractivity contribution is 7.89. The fraction of sp³-hybridized carbons (Fsp3) is 0.412. The first-order valence-corrected chi connectivity index (χ1v) is 10.1. The van der Waals surface area contributed by atoms with Crippen molar-refractivity contribution < 1.29 is 17.7 Å². The van der Waals surface area contributed by atoms with E-state index >= 15 is 0 Å². The second-order valence-corrected chi connectivity index (χ2v) is 8.74. The number of anilines is 1. The molecule has 1 aliphatic heterocycles. The van der Waals surface area contributed by atoms with Gasteiger partial charge in [-0.3, -0.25) is 4.79 Å². The average Bonchev–Trinajstić information content (AvgIpc) is 3.02. The Kier molecular flexibility index (Phi) is 5.36. The van der Waals surface area contributed by atoms with Gasteiger partial charge in [-0.15, -0.1) is 0 Å². The molecule has 1 aromatic heterocycles. The Hall–Kier alpha value is -1.90. The predicted molar refractivity (Wildman–Crippen MR) is 97.5 cm³/mol. The summed E-state index contributed by atoms with van der Waals surface area (Å²) in [6, 6.07) is 6.46. The van der Waals surface area contributed by atoms with E-state index in [-0.39, 0.29) is 29.8 Å². The second-order valence-electron chi connectivity index (χ2n) is 6.40. The number of aromatic nitrogens is 1. The first-order chi connectivity index (χ1) is 12.3. The van der Waals surface area contributed by atoms with Crippen molar-refractivity contribution in [3.8, 4) is 0 Å². The first kappa shape index (κ1) is 18.9. The standard InChI is InChI=1S/C17H20ClN3O4S/c1-11-3-4-14(18)10-15(11)26(23,24)21-7-5-13(6-8-21)17(22)19-16-9-12(2)25-20-16/h3-4,9-10,13H,5-8H2,1-2H3,(H,19,20,22). The largest absolute Gasteiger partial charge is 0.360 e. The lowest BCUT2D eigenvalue weighted by Crippen LogP contribution is -2.41. The molecule has 0 atom stereocenters. The van der Waals surface area contributed by atoms with Gasteiger partial charge >= 0.3 is 0 Å². The van der Waals surface area contributed by atoms with E-state index < -0.39 is 10.0 Å². The van der Waals surface area contributed by atoms with Gasteiger partial charge in [-0.2, -0.15) is 4.31 Å². The molecule has 0 spiro atoms. The summed E-state index contributed by atoms with van der Waals surface area (Å²) in [5.74, 6) is 0.545. The summed E-state index contributed by atoms with van der Waals surface area (Å²) < 4.78 is 32.1. The maximum absolute atomic E-state index is 12.9. The van der Waals surface area contributed by atoms with Gasteiger partial charge in [-0.1, -0.05) is 22.8 Å². The molecule has 1 fully saturated rings. The fourth-order valence-electron chi connectivity index (χ4n) is 3.00. The van der Waals surface area contributed by atoms with E-state index in [1.54, 1.807) is 32.0 Å². The smallest absolute Gasteiger partial charge is 0.243 e. The van der Waals surface area contributed by atoms with Crippen molar-refractivity contribution in [3.05, 3.63) is 40.6 Å². The molecule has 1 aromatic carbocycles. The van der Waals surface area contributed by atoms with E-state index in [9.17, 15) is 13.2 Å². The molecular formula is C17H20ClN3O4S. The molecule has 1 amide bonds. The number of nitrogens with zero attached hydrogens (tertiary/aromatic N) is 2. The summed E-state index contributed by atoms with van der Waals surface area (Å²) in [6.07, 6.45) is 0.892. The number of benzene rings is 1. The van der Waals surface area contributed by atoms with Gasteiger partial charge in [-0.25, -0.2) is 8.42 Å². The van der Waals surface area contributed by atoms with Crippen LogP contribution in [-0.4, -0.2) is 36.9 Å². The lowest BCUT2D eigenvalue weighted by molar-refractivity contribution is -0.120. The molecule has 1 N–H and O–H groups in total. The minimum atomic E-state index is -3.63. The van der Waals surface area contributed by atoms with Gasteiger partial charge in [0, 0.05) is 30.1 Å². The Morgan fingerprint density at radius 2 is 1.96 bits per heavy atom. The second kappa shape index (κ2) is 7.38. The molecule has 2 aromatic rings. The minimum Gasteiger partial charge on any atom is -0.360 e. The number of rotatable bonds is 4. The number of sulfonamides is 1. The van der Waals surface area contributed by atoms with Crippen LogP contribution in [0.5, 0.6) is 0 Å². The van der Waals surface area contributed by atoms with Crippen LogP contribution in [0.25, 0.3) is 0 Å². The third-order valence-electron chi connectivity index (χ3n) is 4.47.